The van der Waals surface area contributed by atoms with Crippen LogP contribution in [-0.2, 0) is 4.79 Å². The van der Waals surface area contributed by atoms with Crippen LogP contribution >= 0.6 is 0 Å². The second kappa shape index (κ2) is 9.74. The number of nitrogens with zero attached hydrogens (tertiary/aromatic N) is 3. The van der Waals surface area contributed by atoms with Gasteiger partial charge in [-0.05, 0) is 37.8 Å². The maximum Gasteiger partial charge on any atom is 0.321 e. The van der Waals surface area contributed by atoms with Crippen molar-refractivity contribution in [3.8, 4) is 0 Å². The molecule has 0 atom stereocenters. The van der Waals surface area contributed by atoms with Crippen molar-refractivity contribution in [3.05, 3.63) is 29.3 Å². The van der Waals surface area contributed by atoms with Crippen molar-refractivity contribution in [2.45, 2.75) is 40.5 Å². The SMILES string of the molecule is CCN(CC)C(=O)CN1CCN(C(=O)Nc2c(C)cccc2C(C)C)CC1. The number of carbonyl (C=O) groups excluding carboxylic acids is 2. The van der Waals surface area contributed by atoms with Crippen LogP contribution in [0.3, 0.4) is 0 Å². The van der Waals surface area contributed by atoms with Crippen molar-refractivity contribution in [1.29, 1.82) is 0 Å². The molecule has 0 aliphatic carbocycles. The summed E-state index contributed by atoms with van der Waals surface area (Å²) in [6, 6.07) is 6.08. The molecule has 1 fully saturated rings. The van der Waals surface area contributed by atoms with Crippen LogP contribution in [0.5, 0.6) is 0 Å². The minimum absolute atomic E-state index is 0.0547. The summed E-state index contributed by atoms with van der Waals surface area (Å²) in [5.41, 5.74) is 3.17. The fourth-order valence-electron chi connectivity index (χ4n) is 3.50. The summed E-state index contributed by atoms with van der Waals surface area (Å²) < 4.78 is 0. The van der Waals surface area contributed by atoms with Crippen LogP contribution in [0, 0.1) is 6.92 Å². The highest BCUT2D eigenvalue weighted by Crippen LogP contribution is 2.27. The van der Waals surface area contributed by atoms with E-state index in [-0.39, 0.29) is 11.9 Å². The Labute approximate surface area is 163 Å². The Balaban J connectivity index is 1.92. The largest absolute Gasteiger partial charge is 0.342 e. The summed E-state index contributed by atoms with van der Waals surface area (Å²) >= 11 is 0. The molecule has 1 aliphatic rings. The summed E-state index contributed by atoms with van der Waals surface area (Å²) in [6.07, 6.45) is 0. The Hall–Kier alpha value is -2.08. The first-order valence-electron chi connectivity index (χ1n) is 10.0. The van der Waals surface area contributed by atoms with Crippen LogP contribution < -0.4 is 5.32 Å². The van der Waals surface area contributed by atoms with Crippen LogP contribution in [0.4, 0.5) is 10.5 Å². The average molecular weight is 375 g/mol. The minimum atomic E-state index is -0.0547. The molecule has 1 saturated heterocycles. The lowest BCUT2D eigenvalue weighted by Gasteiger charge is -2.35. The van der Waals surface area contributed by atoms with Gasteiger partial charge in [-0.3, -0.25) is 9.69 Å². The van der Waals surface area contributed by atoms with Crippen LogP contribution in [0.1, 0.15) is 44.7 Å². The molecule has 27 heavy (non-hydrogen) atoms. The number of likely N-dealkylation sites (N-methyl/N-ethyl adjacent to an activating group) is 1. The predicted molar refractivity (Wildman–Crippen MR) is 110 cm³/mol. The molecule has 0 aromatic heterocycles. The van der Waals surface area contributed by atoms with E-state index in [9.17, 15) is 9.59 Å². The summed E-state index contributed by atoms with van der Waals surface area (Å²) in [5.74, 6) is 0.516. The number of rotatable bonds is 6. The van der Waals surface area contributed by atoms with Gasteiger partial charge >= 0.3 is 6.03 Å². The van der Waals surface area contributed by atoms with Gasteiger partial charge in [0.1, 0.15) is 0 Å². The molecule has 6 heteroatoms. The number of carbonyl (C=O) groups is 2. The molecule has 150 valence electrons. The molecule has 0 spiro atoms. The Morgan fingerprint density at radius 1 is 1.11 bits per heavy atom. The first kappa shape index (κ1) is 21.2. The fraction of sp³-hybridized carbons (Fsp3) is 0.619. The molecule has 6 nitrogen and oxygen atoms in total. The molecular weight excluding hydrogens is 340 g/mol. The number of piperazine rings is 1. The molecule has 3 amide bonds. The zero-order valence-corrected chi connectivity index (χ0v) is 17.4. The predicted octanol–water partition coefficient (Wildman–Crippen LogP) is 3.14. The van der Waals surface area contributed by atoms with E-state index >= 15 is 0 Å². The van der Waals surface area contributed by atoms with E-state index in [4.69, 9.17) is 0 Å². The van der Waals surface area contributed by atoms with Crippen LogP contribution in [0.25, 0.3) is 0 Å². The van der Waals surface area contributed by atoms with Crippen molar-refractivity contribution < 1.29 is 9.59 Å². The second-order valence-electron chi connectivity index (χ2n) is 7.45. The third kappa shape index (κ3) is 5.45. The second-order valence-corrected chi connectivity index (χ2v) is 7.45. The molecule has 0 radical (unpaired) electrons. The van der Waals surface area contributed by atoms with Crippen molar-refractivity contribution in [2.24, 2.45) is 0 Å². The van der Waals surface area contributed by atoms with Crippen LogP contribution in [0.2, 0.25) is 0 Å². The van der Waals surface area contributed by atoms with Gasteiger partial charge in [0, 0.05) is 45.0 Å². The van der Waals surface area contributed by atoms with Gasteiger partial charge in [-0.15, -0.1) is 0 Å². The van der Waals surface area contributed by atoms with E-state index < -0.39 is 0 Å². The van der Waals surface area contributed by atoms with E-state index in [0.29, 0.717) is 25.6 Å². The number of anilines is 1. The molecule has 0 unspecified atom stereocenters. The van der Waals surface area contributed by atoms with Crippen LogP contribution in [0.15, 0.2) is 18.2 Å². The Bertz CT molecular complexity index is 648. The first-order valence-corrected chi connectivity index (χ1v) is 10.0. The highest BCUT2D eigenvalue weighted by Gasteiger charge is 2.24. The third-order valence-corrected chi connectivity index (χ3v) is 5.29. The van der Waals surface area contributed by atoms with Gasteiger partial charge in [0.15, 0.2) is 0 Å². The maximum atomic E-state index is 12.7. The number of benzene rings is 1. The lowest BCUT2D eigenvalue weighted by Crippen LogP contribution is -2.52. The number of amides is 3. The molecule has 0 bridgehead atoms. The Kier molecular flexibility index (Phi) is 7.66. The number of hydrogen-bond donors (Lipinski definition) is 1. The first-order chi connectivity index (χ1) is 12.9. The monoisotopic (exact) mass is 374 g/mol. The topological polar surface area (TPSA) is 55.9 Å². The maximum absolute atomic E-state index is 12.7. The Morgan fingerprint density at radius 3 is 2.30 bits per heavy atom. The van der Waals surface area contributed by atoms with Gasteiger partial charge in [-0.1, -0.05) is 32.0 Å². The van der Waals surface area contributed by atoms with Crippen molar-refractivity contribution in [3.63, 3.8) is 0 Å². The normalized spacial score (nSPS) is 15.1. The quantitative estimate of drug-likeness (QED) is 0.832. The number of nitrogens with one attached hydrogen (secondary N) is 1. The molecule has 1 aromatic rings. The van der Waals surface area contributed by atoms with Gasteiger partial charge in [-0.2, -0.15) is 0 Å². The lowest BCUT2D eigenvalue weighted by molar-refractivity contribution is -0.132. The molecular formula is C21H34N4O2. The summed E-state index contributed by atoms with van der Waals surface area (Å²) in [4.78, 5) is 30.8. The molecule has 1 aliphatic heterocycles. The van der Waals surface area contributed by atoms with E-state index in [1.165, 1.54) is 0 Å². The number of urea groups is 1. The van der Waals surface area contributed by atoms with Crippen molar-refractivity contribution in [1.82, 2.24) is 14.7 Å². The van der Waals surface area contributed by atoms with Gasteiger partial charge < -0.3 is 15.1 Å². The highest BCUT2D eigenvalue weighted by molar-refractivity contribution is 5.91. The third-order valence-electron chi connectivity index (χ3n) is 5.29. The Morgan fingerprint density at radius 2 is 1.74 bits per heavy atom. The molecule has 2 rings (SSSR count). The number of aryl methyl sites for hydroxylation is 1. The van der Waals surface area contributed by atoms with Crippen molar-refractivity contribution in [2.75, 3.05) is 51.1 Å². The van der Waals surface area contributed by atoms with Gasteiger partial charge in [0.2, 0.25) is 5.91 Å². The van der Waals surface area contributed by atoms with Gasteiger partial charge in [0.25, 0.3) is 0 Å². The smallest absolute Gasteiger partial charge is 0.321 e. The fourth-order valence-corrected chi connectivity index (χ4v) is 3.50. The molecule has 0 saturated carbocycles. The zero-order valence-electron chi connectivity index (χ0n) is 17.4. The number of hydrogen-bond acceptors (Lipinski definition) is 3. The van der Waals surface area contributed by atoms with Crippen LogP contribution in [-0.4, -0.2) is 72.5 Å². The highest BCUT2D eigenvalue weighted by atomic mass is 16.2. The molecule has 1 aromatic carbocycles. The average Bonchev–Trinajstić information content (AvgIpc) is 2.64. The van der Waals surface area contributed by atoms with E-state index in [1.54, 1.807) is 0 Å². The zero-order chi connectivity index (χ0) is 20.0. The van der Waals surface area contributed by atoms with E-state index in [0.717, 1.165) is 43.0 Å². The minimum Gasteiger partial charge on any atom is -0.342 e. The summed E-state index contributed by atoms with van der Waals surface area (Å²) in [7, 11) is 0. The number of para-hydroxylation sites is 1. The van der Waals surface area contributed by atoms with Gasteiger partial charge in [-0.25, -0.2) is 4.79 Å². The van der Waals surface area contributed by atoms with Gasteiger partial charge in [0.05, 0.1) is 6.54 Å². The van der Waals surface area contributed by atoms with E-state index in [1.807, 2.05) is 42.7 Å². The summed E-state index contributed by atoms with van der Waals surface area (Å²) in [5, 5.41) is 3.12. The van der Waals surface area contributed by atoms with E-state index in [2.05, 4.69) is 30.1 Å². The summed E-state index contributed by atoms with van der Waals surface area (Å²) in [6.45, 7) is 15.0. The molecule has 1 N–H and O–H groups in total. The molecule has 1 heterocycles. The standard InChI is InChI=1S/C21H34N4O2/c1-6-24(7-2)19(26)15-23-11-13-25(14-12-23)21(27)22-20-17(5)9-8-10-18(20)16(3)4/h8-10,16H,6-7,11-15H2,1-5H3,(H,22,27). The lowest BCUT2D eigenvalue weighted by atomic mass is 9.98. The van der Waals surface area contributed by atoms with Crippen molar-refractivity contribution >= 4 is 17.6 Å².